The van der Waals surface area contributed by atoms with Crippen LogP contribution in [0.15, 0.2) is 67.0 Å². The first kappa shape index (κ1) is 17.0. The summed E-state index contributed by atoms with van der Waals surface area (Å²) in [6.45, 7) is 2.66. The lowest BCUT2D eigenvalue weighted by Gasteiger charge is -2.15. The van der Waals surface area contributed by atoms with E-state index in [1.165, 1.54) is 16.7 Å². The predicted octanol–water partition coefficient (Wildman–Crippen LogP) is 3.22. The highest BCUT2D eigenvalue weighted by Gasteiger charge is 2.19. The van der Waals surface area contributed by atoms with Crippen molar-refractivity contribution in [1.82, 2.24) is 14.7 Å². The van der Waals surface area contributed by atoms with Crippen molar-refractivity contribution in [3.63, 3.8) is 0 Å². The third-order valence-electron chi connectivity index (χ3n) is 5.04. The summed E-state index contributed by atoms with van der Waals surface area (Å²) in [5.41, 5.74) is 4.97. The second kappa shape index (κ2) is 7.85. The molecule has 0 aliphatic carbocycles. The van der Waals surface area contributed by atoms with Crippen LogP contribution >= 0.6 is 0 Å². The van der Waals surface area contributed by atoms with Crippen molar-refractivity contribution in [2.24, 2.45) is 0 Å². The molecular weight excluding hydrogens is 322 g/mol. The zero-order valence-corrected chi connectivity index (χ0v) is 15.0. The van der Waals surface area contributed by atoms with Gasteiger partial charge in [-0.25, -0.2) is 4.68 Å². The summed E-state index contributed by atoms with van der Waals surface area (Å²) in [4.78, 5) is 2.30. The molecule has 26 heavy (non-hydrogen) atoms. The fourth-order valence-electron chi connectivity index (χ4n) is 3.53. The molecule has 1 aliphatic rings. The Morgan fingerprint density at radius 1 is 0.923 bits per heavy atom. The van der Waals surface area contributed by atoms with Crippen molar-refractivity contribution in [2.45, 2.75) is 31.9 Å². The van der Waals surface area contributed by atoms with Crippen molar-refractivity contribution >= 4 is 0 Å². The van der Waals surface area contributed by atoms with Gasteiger partial charge < -0.3 is 5.11 Å². The van der Waals surface area contributed by atoms with Crippen molar-refractivity contribution in [1.29, 1.82) is 0 Å². The van der Waals surface area contributed by atoms with E-state index < -0.39 is 0 Å². The number of aliphatic hydroxyl groups excluding tert-OH is 1. The quantitative estimate of drug-likeness (QED) is 0.744. The Labute approximate surface area is 154 Å². The molecule has 0 saturated carbocycles. The Morgan fingerprint density at radius 2 is 1.69 bits per heavy atom. The van der Waals surface area contributed by atoms with Gasteiger partial charge in [-0.1, -0.05) is 42.5 Å². The zero-order valence-electron chi connectivity index (χ0n) is 15.0. The number of aryl methyl sites for hydroxylation is 2. The molecule has 0 bridgehead atoms. The number of aliphatic hydroxyl groups is 1. The molecule has 0 spiro atoms. The topological polar surface area (TPSA) is 41.3 Å². The summed E-state index contributed by atoms with van der Waals surface area (Å²) in [7, 11) is 0. The number of hydrogen-bond donors (Lipinski definition) is 1. The molecule has 2 heterocycles. The standard InChI is InChI=1S/C22H25N3O/c26-22-12-13-24(17-22)15-19-8-10-21(11-9-19)25-16-20(14-23-25)7-6-18-4-2-1-3-5-18/h1-5,8-11,14,16,22,26H,6-7,12-13,15,17H2/t22-/m0/s1. The molecule has 1 N–H and O–H groups in total. The summed E-state index contributed by atoms with van der Waals surface area (Å²) in [5, 5.41) is 14.2. The van der Waals surface area contributed by atoms with E-state index in [-0.39, 0.29) is 6.10 Å². The average molecular weight is 347 g/mol. The normalized spacial score (nSPS) is 17.7. The zero-order chi connectivity index (χ0) is 17.8. The van der Waals surface area contributed by atoms with E-state index in [2.05, 4.69) is 70.8 Å². The Bertz CT molecular complexity index is 826. The first-order chi connectivity index (χ1) is 12.8. The summed E-state index contributed by atoms with van der Waals surface area (Å²) >= 11 is 0. The molecule has 1 saturated heterocycles. The minimum atomic E-state index is -0.160. The van der Waals surface area contributed by atoms with Crippen LogP contribution in [0.3, 0.4) is 0 Å². The van der Waals surface area contributed by atoms with Crippen LogP contribution in [-0.2, 0) is 19.4 Å². The van der Waals surface area contributed by atoms with Crippen LogP contribution in [0.4, 0.5) is 0 Å². The fraction of sp³-hybridized carbons (Fsp3) is 0.318. The van der Waals surface area contributed by atoms with Crippen LogP contribution in [0, 0.1) is 0 Å². The lowest BCUT2D eigenvalue weighted by atomic mass is 10.1. The smallest absolute Gasteiger partial charge is 0.0679 e. The molecule has 0 unspecified atom stereocenters. The SMILES string of the molecule is O[C@H]1CCN(Cc2ccc(-n3cc(CCc4ccccc4)cn3)cc2)C1. The van der Waals surface area contributed by atoms with Gasteiger partial charge in [0.05, 0.1) is 18.0 Å². The summed E-state index contributed by atoms with van der Waals surface area (Å²) < 4.78 is 1.95. The second-order valence-corrected chi connectivity index (χ2v) is 7.12. The summed E-state index contributed by atoms with van der Waals surface area (Å²) in [5.74, 6) is 0. The van der Waals surface area contributed by atoms with Gasteiger partial charge in [-0.3, -0.25) is 4.90 Å². The average Bonchev–Trinajstić information content (AvgIpc) is 3.31. The highest BCUT2D eigenvalue weighted by molar-refractivity contribution is 5.34. The number of nitrogens with zero attached hydrogens (tertiary/aromatic N) is 3. The van der Waals surface area contributed by atoms with Crippen LogP contribution in [0.1, 0.15) is 23.1 Å². The molecule has 1 atom stereocenters. The number of aromatic nitrogens is 2. The van der Waals surface area contributed by atoms with Crippen LogP contribution in [-0.4, -0.2) is 39.0 Å². The first-order valence-corrected chi connectivity index (χ1v) is 9.33. The monoisotopic (exact) mass is 347 g/mol. The fourth-order valence-corrected chi connectivity index (χ4v) is 3.53. The van der Waals surface area contributed by atoms with Crippen LogP contribution in [0.2, 0.25) is 0 Å². The number of rotatable bonds is 6. The summed E-state index contributed by atoms with van der Waals surface area (Å²) in [6, 6.07) is 19.1. The number of β-amino-alcohol motifs (C(OH)–C–C–N with tert-alkyl or cyclic N) is 1. The van der Waals surface area contributed by atoms with Gasteiger partial charge in [0.2, 0.25) is 0 Å². The van der Waals surface area contributed by atoms with E-state index in [1.54, 1.807) is 0 Å². The van der Waals surface area contributed by atoms with Crippen molar-refractivity contribution in [3.8, 4) is 5.69 Å². The minimum Gasteiger partial charge on any atom is -0.392 e. The second-order valence-electron chi connectivity index (χ2n) is 7.12. The molecule has 1 fully saturated rings. The maximum Gasteiger partial charge on any atom is 0.0679 e. The third kappa shape index (κ3) is 4.21. The Hall–Kier alpha value is -2.43. The van der Waals surface area contributed by atoms with E-state index in [9.17, 15) is 5.11 Å². The number of benzene rings is 2. The molecule has 0 radical (unpaired) electrons. The third-order valence-corrected chi connectivity index (χ3v) is 5.04. The molecule has 4 nitrogen and oxygen atoms in total. The highest BCUT2D eigenvalue weighted by Crippen LogP contribution is 2.16. The van der Waals surface area contributed by atoms with E-state index in [4.69, 9.17) is 0 Å². The number of hydrogen-bond acceptors (Lipinski definition) is 3. The molecule has 134 valence electrons. The number of likely N-dealkylation sites (tertiary alicyclic amines) is 1. The lowest BCUT2D eigenvalue weighted by molar-refractivity contribution is 0.175. The largest absolute Gasteiger partial charge is 0.392 e. The summed E-state index contributed by atoms with van der Waals surface area (Å²) in [6.07, 6.45) is 6.84. The van der Waals surface area contributed by atoms with Gasteiger partial charge in [-0.15, -0.1) is 0 Å². The lowest BCUT2D eigenvalue weighted by Crippen LogP contribution is -2.21. The van der Waals surface area contributed by atoms with Gasteiger partial charge in [0, 0.05) is 25.8 Å². The van der Waals surface area contributed by atoms with Gasteiger partial charge in [-0.05, 0) is 48.1 Å². The molecular formula is C22H25N3O. The van der Waals surface area contributed by atoms with E-state index >= 15 is 0 Å². The van der Waals surface area contributed by atoms with Crippen molar-refractivity contribution in [2.75, 3.05) is 13.1 Å². The maximum atomic E-state index is 9.64. The van der Waals surface area contributed by atoms with Crippen LogP contribution < -0.4 is 0 Å². The first-order valence-electron chi connectivity index (χ1n) is 9.33. The van der Waals surface area contributed by atoms with Gasteiger partial charge in [-0.2, -0.15) is 5.10 Å². The minimum absolute atomic E-state index is 0.160. The molecule has 1 aromatic heterocycles. The molecule has 1 aliphatic heterocycles. The van der Waals surface area contributed by atoms with Gasteiger partial charge in [0.25, 0.3) is 0 Å². The Morgan fingerprint density at radius 3 is 2.42 bits per heavy atom. The molecule has 4 heteroatoms. The van der Waals surface area contributed by atoms with Gasteiger partial charge in [0.15, 0.2) is 0 Å². The Kier molecular flexibility index (Phi) is 5.14. The van der Waals surface area contributed by atoms with E-state index in [0.717, 1.165) is 44.6 Å². The molecule has 4 rings (SSSR count). The highest BCUT2D eigenvalue weighted by atomic mass is 16.3. The molecule has 2 aromatic carbocycles. The van der Waals surface area contributed by atoms with Crippen molar-refractivity contribution in [3.05, 3.63) is 83.7 Å². The Balaban J connectivity index is 1.36. The molecule has 3 aromatic rings. The van der Waals surface area contributed by atoms with Crippen molar-refractivity contribution < 1.29 is 5.11 Å². The van der Waals surface area contributed by atoms with Gasteiger partial charge >= 0.3 is 0 Å². The van der Waals surface area contributed by atoms with E-state index in [1.807, 2.05) is 10.9 Å². The van der Waals surface area contributed by atoms with Crippen LogP contribution in [0.5, 0.6) is 0 Å². The van der Waals surface area contributed by atoms with E-state index in [0.29, 0.717) is 0 Å². The molecule has 0 amide bonds. The van der Waals surface area contributed by atoms with Gasteiger partial charge in [0.1, 0.15) is 0 Å². The maximum absolute atomic E-state index is 9.64. The van der Waals surface area contributed by atoms with Crippen LogP contribution in [0.25, 0.3) is 5.69 Å². The predicted molar refractivity (Wildman–Crippen MR) is 103 cm³/mol.